The first kappa shape index (κ1) is 31.6. The largest absolute Gasteiger partial charge is 0.463 e. The second-order valence-corrected chi connectivity index (χ2v) is 7.75. The van der Waals surface area contributed by atoms with Gasteiger partial charge < -0.3 is 14.2 Å². The molecule has 0 rings (SSSR count). The van der Waals surface area contributed by atoms with Gasteiger partial charge in [-0.3, -0.25) is 0 Å². The maximum absolute atomic E-state index is 10.8. The van der Waals surface area contributed by atoms with Crippen LogP contribution >= 0.6 is 0 Å². The molecule has 0 unspecified atom stereocenters. The van der Waals surface area contributed by atoms with Crippen LogP contribution in [0.15, 0.2) is 25.3 Å². The van der Waals surface area contributed by atoms with Crippen molar-refractivity contribution in [3.05, 3.63) is 25.3 Å². The molecule has 0 aromatic carbocycles. The first-order valence-corrected chi connectivity index (χ1v) is 12.2. The number of ether oxygens (including phenoxy) is 3. The predicted octanol–water partition coefficient (Wildman–Crippen LogP) is 7.30. The monoisotopic (exact) mass is 440 g/mol. The molecule has 31 heavy (non-hydrogen) atoms. The molecular weight excluding hydrogens is 392 g/mol. The molecular formula is C26H48O5. The summed E-state index contributed by atoms with van der Waals surface area (Å²) in [6.07, 6.45) is 24.1. The summed E-state index contributed by atoms with van der Waals surface area (Å²) < 4.78 is 13.7. The van der Waals surface area contributed by atoms with Crippen LogP contribution < -0.4 is 0 Å². The lowest BCUT2D eigenvalue weighted by Crippen LogP contribution is -2.02. The number of esters is 2. The normalized spacial score (nSPS) is 10.0. The van der Waals surface area contributed by atoms with E-state index in [0.29, 0.717) is 6.61 Å². The fraction of sp³-hybridized carbons (Fsp3) is 0.769. The van der Waals surface area contributed by atoms with Crippen molar-refractivity contribution in [3.8, 4) is 0 Å². The van der Waals surface area contributed by atoms with Crippen molar-refractivity contribution in [1.29, 1.82) is 0 Å². The Balaban J connectivity index is 0. The van der Waals surface area contributed by atoms with E-state index in [2.05, 4.69) is 29.6 Å². The molecule has 0 spiro atoms. The highest BCUT2D eigenvalue weighted by atomic mass is 16.7. The van der Waals surface area contributed by atoms with Crippen molar-refractivity contribution in [2.75, 3.05) is 20.5 Å². The molecule has 5 nitrogen and oxygen atoms in total. The quantitative estimate of drug-likeness (QED) is 0.0811. The van der Waals surface area contributed by atoms with E-state index in [1.807, 2.05) is 0 Å². The van der Waals surface area contributed by atoms with Crippen molar-refractivity contribution >= 4 is 11.9 Å². The zero-order chi connectivity index (χ0) is 23.4. The topological polar surface area (TPSA) is 61.8 Å². The lowest BCUT2D eigenvalue weighted by molar-refractivity contribution is -0.147. The lowest BCUT2D eigenvalue weighted by Gasteiger charge is -2.04. The summed E-state index contributed by atoms with van der Waals surface area (Å²) in [6.45, 7) is 9.38. The highest BCUT2D eigenvalue weighted by Gasteiger charge is 1.96. The van der Waals surface area contributed by atoms with Crippen molar-refractivity contribution in [3.63, 3.8) is 0 Å². The minimum absolute atomic E-state index is 0.00907. The van der Waals surface area contributed by atoms with E-state index in [-0.39, 0.29) is 12.8 Å². The van der Waals surface area contributed by atoms with Gasteiger partial charge in [-0.1, -0.05) is 116 Å². The summed E-state index contributed by atoms with van der Waals surface area (Å²) in [7, 11) is 1.44. The van der Waals surface area contributed by atoms with E-state index < -0.39 is 5.97 Å². The fourth-order valence-electron chi connectivity index (χ4n) is 3.06. The Morgan fingerprint density at radius 1 is 0.613 bits per heavy atom. The summed E-state index contributed by atoms with van der Waals surface area (Å²) >= 11 is 0. The van der Waals surface area contributed by atoms with Gasteiger partial charge in [-0.15, -0.1) is 0 Å². The van der Waals surface area contributed by atoms with Crippen molar-refractivity contribution in [1.82, 2.24) is 0 Å². The van der Waals surface area contributed by atoms with Crippen LogP contribution in [0.1, 0.15) is 110 Å². The molecule has 0 aliphatic rings. The standard InChI is InChI=1S/C21H40O2.C5H8O3/c1-3-5-6-7-8-9-10-11-12-13-14-15-16-17-18-19-20-23-21(22)4-2;1-3-5(6)8-4-7-2/h4H,2-3,5-20H2,1H3;3H,1,4H2,2H3. The number of carbonyl (C=O) groups excluding carboxylic acids is 2. The molecule has 0 atom stereocenters. The van der Waals surface area contributed by atoms with Gasteiger partial charge in [-0.25, -0.2) is 9.59 Å². The van der Waals surface area contributed by atoms with Gasteiger partial charge in [0.1, 0.15) is 0 Å². The molecule has 0 aromatic rings. The second-order valence-electron chi connectivity index (χ2n) is 7.75. The van der Waals surface area contributed by atoms with Crippen LogP contribution in [0.3, 0.4) is 0 Å². The Kier molecular flexibility index (Phi) is 28.9. The van der Waals surface area contributed by atoms with Crippen molar-refractivity contribution in [2.45, 2.75) is 110 Å². The number of hydrogen-bond acceptors (Lipinski definition) is 5. The zero-order valence-electron chi connectivity index (χ0n) is 20.3. The molecule has 0 saturated carbocycles. The molecule has 0 bridgehead atoms. The second kappa shape index (κ2) is 28.4. The Morgan fingerprint density at radius 2 is 0.968 bits per heavy atom. The molecule has 0 amide bonds. The third kappa shape index (κ3) is 30.7. The van der Waals surface area contributed by atoms with Gasteiger partial charge in [0.25, 0.3) is 0 Å². The maximum Gasteiger partial charge on any atom is 0.332 e. The number of methoxy groups -OCH3 is 1. The van der Waals surface area contributed by atoms with Gasteiger partial charge in [0, 0.05) is 19.3 Å². The van der Waals surface area contributed by atoms with E-state index in [1.165, 1.54) is 109 Å². The minimum atomic E-state index is -0.466. The zero-order valence-corrected chi connectivity index (χ0v) is 20.3. The highest BCUT2D eigenvalue weighted by Crippen LogP contribution is 2.13. The summed E-state index contributed by atoms with van der Waals surface area (Å²) in [5.74, 6) is -0.766. The van der Waals surface area contributed by atoms with E-state index in [9.17, 15) is 9.59 Å². The first-order valence-electron chi connectivity index (χ1n) is 12.2. The van der Waals surface area contributed by atoms with Crippen LogP contribution in [0.4, 0.5) is 0 Å². The van der Waals surface area contributed by atoms with Crippen LogP contribution in [0, 0.1) is 0 Å². The minimum Gasteiger partial charge on any atom is -0.463 e. The Morgan fingerprint density at radius 3 is 1.32 bits per heavy atom. The van der Waals surface area contributed by atoms with Gasteiger partial charge in [-0.05, 0) is 6.42 Å². The molecule has 0 heterocycles. The summed E-state index contributed by atoms with van der Waals surface area (Å²) in [6, 6.07) is 0. The van der Waals surface area contributed by atoms with Crippen LogP contribution in [-0.4, -0.2) is 32.4 Å². The fourth-order valence-corrected chi connectivity index (χ4v) is 3.06. The highest BCUT2D eigenvalue weighted by molar-refractivity contribution is 5.81. The molecule has 0 saturated heterocycles. The number of rotatable bonds is 21. The van der Waals surface area contributed by atoms with Gasteiger partial charge in [0.2, 0.25) is 0 Å². The number of carbonyl (C=O) groups is 2. The van der Waals surface area contributed by atoms with Gasteiger partial charge >= 0.3 is 11.9 Å². The van der Waals surface area contributed by atoms with Crippen molar-refractivity contribution < 1.29 is 23.8 Å². The van der Waals surface area contributed by atoms with E-state index in [0.717, 1.165) is 12.5 Å². The Labute approximate surface area is 191 Å². The molecule has 182 valence electrons. The van der Waals surface area contributed by atoms with Gasteiger partial charge in [0.05, 0.1) is 6.61 Å². The third-order valence-electron chi connectivity index (χ3n) is 4.89. The molecule has 0 N–H and O–H groups in total. The maximum atomic E-state index is 10.8. The van der Waals surface area contributed by atoms with Crippen LogP contribution in [-0.2, 0) is 23.8 Å². The third-order valence-corrected chi connectivity index (χ3v) is 4.89. The van der Waals surface area contributed by atoms with Gasteiger partial charge in [-0.2, -0.15) is 0 Å². The molecule has 0 aliphatic carbocycles. The van der Waals surface area contributed by atoms with Crippen molar-refractivity contribution in [2.24, 2.45) is 0 Å². The summed E-state index contributed by atoms with van der Waals surface area (Å²) in [5, 5.41) is 0. The van der Waals surface area contributed by atoms with Crippen LogP contribution in [0.5, 0.6) is 0 Å². The van der Waals surface area contributed by atoms with Crippen LogP contribution in [0.2, 0.25) is 0 Å². The summed E-state index contributed by atoms with van der Waals surface area (Å²) in [4.78, 5) is 21.0. The molecule has 0 fully saturated rings. The number of unbranched alkanes of at least 4 members (excludes halogenated alkanes) is 15. The first-order chi connectivity index (χ1) is 15.1. The molecule has 0 aliphatic heterocycles. The average Bonchev–Trinajstić information content (AvgIpc) is 2.79. The SMILES string of the molecule is C=CC(=O)OCCCCCCCCCCCCCCCCCC.C=CC(=O)OCOC. The Bertz CT molecular complexity index is 420. The molecule has 0 radical (unpaired) electrons. The van der Waals surface area contributed by atoms with E-state index in [1.54, 1.807) is 0 Å². The lowest BCUT2D eigenvalue weighted by atomic mass is 10.0. The molecule has 0 aromatic heterocycles. The summed E-state index contributed by atoms with van der Waals surface area (Å²) in [5.41, 5.74) is 0. The Hall–Kier alpha value is -1.62. The van der Waals surface area contributed by atoms with E-state index >= 15 is 0 Å². The van der Waals surface area contributed by atoms with Crippen LogP contribution in [0.25, 0.3) is 0 Å². The smallest absolute Gasteiger partial charge is 0.332 e. The van der Waals surface area contributed by atoms with Gasteiger partial charge in [0.15, 0.2) is 6.79 Å². The predicted molar refractivity (Wildman–Crippen MR) is 129 cm³/mol. The molecule has 5 heteroatoms. The number of hydrogen-bond donors (Lipinski definition) is 0. The van der Waals surface area contributed by atoms with E-state index in [4.69, 9.17) is 4.74 Å². The average molecular weight is 441 g/mol.